The summed E-state index contributed by atoms with van der Waals surface area (Å²) in [5.74, 6) is 0.297. The summed E-state index contributed by atoms with van der Waals surface area (Å²) < 4.78 is 15.9. The second kappa shape index (κ2) is 10.0. The van der Waals surface area contributed by atoms with Crippen LogP contribution in [0.15, 0.2) is 72.8 Å². The first-order valence-corrected chi connectivity index (χ1v) is 10.8. The molecule has 34 heavy (non-hydrogen) atoms. The van der Waals surface area contributed by atoms with Gasteiger partial charge in [0.1, 0.15) is 0 Å². The molecule has 172 valence electrons. The number of carbonyl (C=O) groups is 2. The highest BCUT2D eigenvalue weighted by Crippen LogP contribution is 2.33. The third-order valence-electron chi connectivity index (χ3n) is 5.31. The van der Waals surface area contributed by atoms with E-state index in [1.165, 1.54) is 0 Å². The van der Waals surface area contributed by atoms with E-state index in [0.29, 0.717) is 39.3 Å². The van der Waals surface area contributed by atoms with Crippen LogP contribution in [0.2, 0.25) is 0 Å². The second-order valence-electron chi connectivity index (χ2n) is 7.36. The Labute approximate surface area is 197 Å². The predicted molar refractivity (Wildman–Crippen MR) is 131 cm³/mol. The Hall–Kier alpha value is -4.39. The van der Waals surface area contributed by atoms with Crippen molar-refractivity contribution in [2.75, 3.05) is 26.1 Å². The largest absolute Gasteiger partial charge is 0.493 e. The molecule has 0 aliphatic rings. The number of hydrogen-bond donors (Lipinski definition) is 1. The van der Waals surface area contributed by atoms with Crippen LogP contribution >= 0.6 is 0 Å². The normalized spacial score (nSPS) is 10.6. The average Bonchev–Trinajstić information content (AvgIpc) is 2.88. The SMILES string of the molecule is CCOC(=O)c1ccccc1NC(=O)c1cc(-c2ccc(OC)c(OC)c2)nc2ccccc12. The van der Waals surface area contributed by atoms with E-state index in [1.807, 2.05) is 36.4 Å². The van der Waals surface area contributed by atoms with Gasteiger partial charge in [-0.05, 0) is 49.4 Å². The zero-order chi connectivity index (χ0) is 24.1. The average molecular weight is 456 g/mol. The first-order chi connectivity index (χ1) is 16.5. The van der Waals surface area contributed by atoms with Crippen LogP contribution in [0, 0.1) is 0 Å². The number of hydrogen-bond acceptors (Lipinski definition) is 6. The molecule has 0 unspecified atom stereocenters. The van der Waals surface area contributed by atoms with Gasteiger partial charge in [0.25, 0.3) is 5.91 Å². The van der Waals surface area contributed by atoms with Crippen LogP contribution in [0.25, 0.3) is 22.2 Å². The highest BCUT2D eigenvalue weighted by molar-refractivity contribution is 6.14. The van der Waals surface area contributed by atoms with Crippen molar-refractivity contribution in [3.63, 3.8) is 0 Å². The third kappa shape index (κ3) is 4.54. The van der Waals surface area contributed by atoms with Crippen molar-refractivity contribution in [2.45, 2.75) is 6.92 Å². The number of fused-ring (bicyclic) bond motifs is 1. The Morgan fingerprint density at radius 3 is 2.35 bits per heavy atom. The van der Waals surface area contributed by atoms with Gasteiger partial charge < -0.3 is 19.5 Å². The number of benzene rings is 3. The zero-order valence-electron chi connectivity index (χ0n) is 19.1. The van der Waals surface area contributed by atoms with Gasteiger partial charge in [-0.15, -0.1) is 0 Å². The fraction of sp³-hybridized carbons (Fsp3) is 0.148. The molecule has 1 heterocycles. The van der Waals surface area contributed by atoms with Crippen molar-refractivity contribution in [1.82, 2.24) is 4.98 Å². The van der Waals surface area contributed by atoms with Gasteiger partial charge in [-0.3, -0.25) is 4.79 Å². The summed E-state index contributed by atoms with van der Waals surface area (Å²) >= 11 is 0. The molecule has 0 saturated carbocycles. The van der Waals surface area contributed by atoms with Crippen LogP contribution in [-0.4, -0.2) is 37.7 Å². The Morgan fingerprint density at radius 1 is 0.853 bits per heavy atom. The van der Waals surface area contributed by atoms with Crippen LogP contribution in [0.4, 0.5) is 5.69 Å². The van der Waals surface area contributed by atoms with Gasteiger partial charge in [0, 0.05) is 10.9 Å². The highest BCUT2D eigenvalue weighted by Gasteiger charge is 2.18. The predicted octanol–water partition coefficient (Wildman–Crippen LogP) is 5.35. The van der Waals surface area contributed by atoms with Gasteiger partial charge in [0.15, 0.2) is 11.5 Å². The van der Waals surface area contributed by atoms with Crippen molar-refractivity contribution in [2.24, 2.45) is 0 Å². The number of nitrogens with one attached hydrogen (secondary N) is 1. The van der Waals surface area contributed by atoms with Gasteiger partial charge in [-0.25, -0.2) is 9.78 Å². The zero-order valence-corrected chi connectivity index (χ0v) is 19.1. The lowest BCUT2D eigenvalue weighted by Gasteiger charge is -2.14. The molecule has 1 aromatic heterocycles. The monoisotopic (exact) mass is 456 g/mol. The number of nitrogens with zero attached hydrogens (tertiary/aromatic N) is 1. The molecule has 3 aromatic carbocycles. The van der Waals surface area contributed by atoms with E-state index in [9.17, 15) is 9.59 Å². The summed E-state index contributed by atoms with van der Waals surface area (Å²) in [6, 6.07) is 21.4. The number of para-hydroxylation sites is 2. The number of amides is 1. The Kier molecular flexibility index (Phi) is 6.73. The number of pyridine rings is 1. The molecule has 0 atom stereocenters. The van der Waals surface area contributed by atoms with E-state index >= 15 is 0 Å². The minimum atomic E-state index is -0.496. The van der Waals surface area contributed by atoms with Crippen molar-refractivity contribution in [1.29, 1.82) is 0 Å². The molecule has 4 rings (SSSR count). The maximum Gasteiger partial charge on any atom is 0.340 e. The molecule has 0 aliphatic carbocycles. The van der Waals surface area contributed by atoms with Crippen molar-refractivity contribution >= 4 is 28.5 Å². The maximum absolute atomic E-state index is 13.4. The molecule has 0 bridgehead atoms. The second-order valence-corrected chi connectivity index (χ2v) is 7.36. The lowest BCUT2D eigenvalue weighted by Crippen LogP contribution is -2.16. The van der Waals surface area contributed by atoms with Gasteiger partial charge >= 0.3 is 5.97 Å². The highest BCUT2D eigenvalue weighted by atomic mass is 16.5. The van der Waals surface area contributed by atoms with Gasteiger partial charge in [-0.1, -0.05) is 30.3 Å². The number of anilines is 1. The number of esters is 1. The topological polar surface area (TPSA) is 86.8 Å². The van der Waals surface area contributed by atoms with E-state index in [1.54, 1.807) is 57.5 Å². The number of ether oxygens (including phenoxy) is 3. The van der Waals surface area contributed by atoms with Crippen LogP contribution in [-0.2, 0) is 4.74 Å². The number of methoxy groups -OCH3 is 2. The fourth-order valence-corrected chi connectivity index (χ4v) is 3.68. The van der Waals surface area contributed by atoms with E-state index < -0.39 is 5.97 Å². The van der Waals surface area contributed by atoms with Crippen LogP contribution < -0.4 is 14.8 Å². The lowest BCUT2D eigenvalue weighted by atomic mass is 10.0. The summed E-state index contributed by atoms with van der Waals surface area (Å²) in [5.41, 5.74) is 3.12. The molecule has 1 N–H and O–H groups in total. The molecule has 0 saturated heterocycles. The summed E-state index contributed by atoms with van der Waals surface area (Å²) in [6.45, 7) is 1.97. The van der Waals surface area contributed by atoms with E-state index in [4.69, 9.17) is 19.2 Å². The Bertz CT molecular complexity index is 1370. The molecule has 0 spiro atoms. The Morgan fingerprint density at radius 2 is 1.59 bits per heavy atom. The van der Waals surface area contributed by atoms with E-state index in [2.05, 4.69) is 5.32 Å². The molecule has 1 amide bonds. The van der Waals surface area contributed by atoms with Gasteiger partial charge in [0.05, 0.1) is 48.9 Å². The standard InChI is InChI=1S/C27H24N2O5/c1-4-34-27(31)19-10-6-8-12-22(19)29-26(30)20-16-23(28-21-11-7-5-9-18(20)21)17-13-14-24(32-2)25(15-17)33-3/h5-16H,4H2,1-3H3,(H,29,30). The van der Waals surface area contributed by atoms with Crippen molar-refractivity contribution in [3.8, 4) is 22.8 Å². The number of aromatic nitrogens is 1. The maximum atomic E-state index is 13.4. The first-order valence-electron chi connectivity index (χ1n) is 10.8. The number of rotatable bonds is 7. The Balaban J connectivity index is 1.78. The molecular formula is C27H24N2O5. The minimum Gasteiger partial charge on any atom is -0.493 e. The van der Waals surface area contributed by atoms with Crippen LogP contribution in [0.3, 0.4) is 0 Å². The molecule has 4 aromatic rings. The van der Waals surface area contributed by atoms with E-state index in [0.717, 1.165) is 5.56 Å². The van der Waals surface area contributed by atoms with Crippen molar-refractivity contribution in [3.05, 3.63) is 83.9 Å². The summed E-state index contributed by atoms with van der Waals surface area (Å²) in [6.07, 6.45) is 0. The minimum absolute atomic E-state index is 0.241. The van der Waals surface area contributed by atoms with E-state index in [-0.39, 0.29) is 18.1 Å². The molecular weight excluding hydrogens is 432 g/mol. The smallest absolute Gasteiger partial charge is 0.340 e. The number of carbonyl (C=O) groups excluding carboxylic acids is 2. The summed E-state index contributed by atoms with van der Waals surface area (Å²) in [7, 11) is 3.14. The van der Waals surface area contributed by atoms with Crippen LogP contribution in [0.5, 0.6) is 11.5 Å². The first kappa shape index (κ1) is 22.8. The summed E-state index contributed by atoms with van der Waals surface area (Å²) in [5, 5.41) is 3.56. The molecule has 0 aliphatic heterocycles. The lowest BCUT2D eigenvalue weighted by molar-refractivity contribution is 0.0527. The third-order valence-corrected chi connectivity index (χ3v) is 5.31. The quantitative estimate of drug-likeness (QED) is 0.377. The molecule has 0 radical (unpaired) electrons. The van der Waals surface area contributed by atoms with Crippen LogP contribution in [0.1, 0.15) is 27.6 Å². The molecule has 7 nitrogen and oxygen atoms in total. The summed E-state index contributed by atoms with van der Waals surface area (Å²) in [4.78, 5) is 30.5. The van der Waals surface area contributed by atoms with Gasteiger partial charge in [-0.2, -0.15) is 0 Å². The molecule has 0 fully saturated rings. The molecule has 7 heteroatoms. The van der Waals surface area contributed by atoms with Gasteiger partial charge in [0.2, 0.25) is 0 Å². The van der Waals surface area contributed by atoms with Crippen molar-refractivity contribution < 1.29 is 23.8 Å². The fourth-order valence-electron chi connectivity index (χ4n) is 3.68.